The van der Waals surface area contributed by atoms with Crippen LogP contribution in [0.5, 0.6) is 0 Å². The Labute approximate surface area is 88.7 Å². The number of alkyl halides is 1. The van der Waals surface area contributed by atoms with Crippen molar-refractivity contribution in [2.75, 3.05) is 12.9 Å². The molecule has 1 amide bonds. The largest absolute Gasteiger partial charge is 0.336 e. The molecule has 0 bridgehead atoms. The Bertz CT molecular complexity index is 302. The van der Waals surface area contributed by atoms with E-state index in [2.05, 4.69) is 4.98 Å². The molecule has 0 saturated carbocycles. The summed E-state index contributed by atoms with van der Waals surface area (Å²) < 4.78 is 0. The molecule has 0 aliphatic carbocycles. The molecule has 0 fully saturated rings. The van der Waals surface area contributed by atoms with E-state index in [4.69, 9.17) is 11.6 Å². The Balaban J connectivity index is 2.75. The molecule has 1 aromatic heterocycles. The predicted molar refractivity (Wildman–Crippen MR) is 56.1 cm³/mol. The third kappa shape index (κ3) is 2.45. The molecular formula is C10H13ClN2O. The molecule has 0 unspecified atom stereocenters. The first-order valence-corrected chi connectivity index (χ1v) is 4.92. The number of pyridine rings is 1. The van der Waals surface area contributed by atoms with E-state index in [0.717, 1.165) is 5.69 Å². The van der Waals surface area contributed by atoms with Crippen molar-refractivity contribution in [1.82, 2.24) is 9.88 Å². The molecule has 0 spiro atoms. The quantitative estimate of drug-likeness (QED) is 0.717. The highest BCUT2D eigenvalue weighted by atomic mass is 35.5. The van der Waals surface area contributed by atoms with Gasteiger partial charge in [0.1, 0.15) is 5.88 Å². The van der Waals surface area contributed by atoms with Gasteiger partial charge in [-0.3, -0.25) is 9.78 Å². The fourth-order valence-electron chi connectivity index (χ4n) is 1.13. The van der Waals surface area contributed by atoms with Crippen molar-refractivity contribution in [3.8, 4) is 0 Å². The highest BCUT2D eigenvalue weighted by Gasteiger charge is 2.16. The van der Waals surface area contributed by atoms with E-state index in [0.29, 0.717) is 0 Å². The molecule has 0 aromatic carbocycles. The van der Waals surface area contributed by atoms with Gasteiger partial charge < -0.3 is 4.90 Å². The first-order valence-electron chi connectivity index (χ1n) is 4.39. The molecule has 1 heterocycles. The second-order valence-electron chi connectivity index (χ2n) is 3.07. The van der Waals surface area contributed by atoms with E-state index in [1.54, 1.807) is 18.1 Å². The van der Waals surface area contributed by atoms with E-state index in [1.165, 1.54) is 0 Å². The van der Waals surface area contributed by atoms with Gasteiger partial charge in [-0.1, -0.05) is 6.07 Å². The standard InChI is InChI=1S/C10H13ClN2O/c1-8(13(2)10(14)7-11)9-5-3-4-6-12-9/h3-6,8H,7H2,1-2H3/t8-/m1/s1. The Hall–Kier alpha value is -1.09. The van der Waals surface area contributed by atoms with E-state index >= 15 is 0 Å². The van der Waals surface area contributed by atoms with Crippen LogP contribution in [0.3, 0.4) is 0 Å². The van der Waals surface area contributed by atoms with Crippen molar-refractivity contribution < 1.29 is 4.79 Å². The second-order valence-corrected chi connectivity index (χ2v) is 3.34. The summed E-state index contributed by atoms with van der Waals surface area (Å²) >= 11 is 5.47. The average molecular weight is 213 g/mol. The molecule has 3 nitrogen and oxygen atoms in total. The van der Waals surface area contributed by atoms with Crippen molar-refractivity contribution in [1.29, 1.82) is 0 Å². The summed E-state index contributed by atoms with van der Waals surface area (Å²) in [6.07, 6.45) is 1.71. The molecule has 1 rings (SSSR count). The van der Waals surface area contributed by atoms with Crippen molar-refractivity contribution in [3.63, 3.8) is 0 Å². The Kier molecular flexibility index (Phi) is 3.89. The zero-order valence-corrected chi connectivity index (χ0v) is 9.03. The lowest BCUT2D eigenvalue weighted by atomic mass is 10.2. The number of aromatic nitrogens is 1. The number of carbonyl (C=O) groups excluding carboxylic acids is 1. The van der Waals surface area contributed by atoms with Crippen LogP contribution >= 0.6 is 11.6 Å². The highest BCUT2D eigenvalue weighted by Crippen LogP contribution is 2.15. The van der Waals surface area contributed by atoms with Crippen LogP contribution in [-0.4, -0.2) is 28.7 Å². The number of hydrogen-bond acceptors (Lipinski definition) is 2. The monoisotopic (exact) mass is 212 g/mol. The summed E-state index contributed by atoms with van der Waals surface area (Å²) in [6.45, 7) is 1.92. The maximum atomic E-state index is 11.3. The van der Waals surface area contributed by atoms with Gasteiger partial charge in [-0.05, 0) is 19.1 Å². The molecule has 14 heavy (non-hydrogen) atoms. The molecule has 0 radical (unpaired) electrons. The number of nitrogens with zero attached hydrogens (tertiary/aromatic N) is 2. The smallest absolute Gasteiger partial charge is 0.237 e. The molecule has 0 saturated heterocycles. The summed E-state index contributed by atoms with van der Waals surface area (Å²) in [5.41, 5.74) is 0.869. The molecule has 4 heteroatoms. The van der Waals surface area contributed by atoms with Gasteiger partial charge in [0.2, 0.25) is 5.91 Å². The number of rotatable bonds is 3. The summed E-state index contributed by atoms with van der Waals surface area (Å²) in [5.74, 6) is -0.0851. The van der Waals surface area contributed by atoms with Gasteiger partial charge in [-0.15, -0.1) is 11.6 Å². The molecular weight excluding hydrogens is 200 g/mol. The lowest BCUT2D eigenvalue weighted by molar-refractivity contribution is -0.129. The minimum absolute atomic E-state index is 0.00761. The molecule has 1 aromatic rings. The predicted octanol–water partition coefficient (Wildman–Crippen LogP) is 1.84. The first-order chi connectivity index (χ1) is 6.66. The molecule has 0 N–H and O–H groups in total. The third-order valence-electron chi connectivity index (χ3n) is 2.20. The van der Waals surface area contributed by atoms with Crippen molar-refractivity contribution in [3.05, 3.63) is 30.1 Å². The minimum Gasteiger partial charge on any atom is -0.336 e. The van der Waals surface area contributed by atoms with Crippen LogP contribution in [0.1, 0.15) is 18.7 Å². The fourth-order valence-corrected chi connectivity index (χ4v) is 1.32. The Morgan fingerprint density at radius 2 is 2.36 bits per heavy atom. The molecule has 76 valence electrons. The van der Waals surface area contributed by atoms with E-state index in [-0.39, 0.29) is 17.8 Å². The van der Waals surface area contributed by atoms with Crippen LogP contribution in [0.25, 0.3) is 0 Å². The van der Waals surface area contributed by atoms with Crippen molar-refractivity contribution >= 4 is 17.5 Å². The molecule has 0 aliphatic rings. The third-order valence-corrected chi connectivity index (χ3v) is 2.43. The summed E-state index contributed by atoms with van der Waals surface area (Å²) in [4.78, 5) is 17.1. The zero-order chi connectivity index (χ0) is 10.6. The number of amides is 1. The fraction of sp³-hybridized carbons (Fsp3) is 0.400. The molecule has 1 atom stereocenters. The number of hydrogen-bond donors (Lipinski definition) is 0. The second kappa shape index (κ2) is 4.96. The van der Waals surface area contributed by atoms with Gasteiger partial charge in [0.25, 0.3) is 0 Å². The Morgan fingerprint density at radius 1 is 1.64 bits per heavy atom. The van der Waals surface area contributed by atoms with Gasteiger partial charge >= 0.3 is 0 Å². The zero-order valence-electron chi connectivity index (χ0n) is 8.27. The number of halogens is 1. The highest BCUT2D eigenvalue weighted by molar-refractivity contribution is 6.27. The number of carbonyl (C=O) groups is 1. The SMILES string of the molecule is C[C@H](c1ccccn1)N(C)C(=O)CCl. The summed E-state index contributed by atoms with van der Waals surface area (Å²) in [5, 5.41) is 0. The van der Waals surface area contributed by atoms with E-state index in [9.17, 15) is 4.79 Å². The minimum atomic E-state index is -0.0928. The van der Waals surface area contributed by atoms with Crippen molar-refractivity contribution in [2.24, 2.45) is 0 Å². The van der Waals surface area contributed by atoms with Gasteiger partial charge in [-0.2, -0.15) is 0 Å². The van der Waals surface area contributed by atoms with Gasteiger partial charge in [0.15, 0.2) is 0 Å². The summed E-state index contributed by atoms with van der Waals surface area (Å²) in [7, 11) is 1.73. The van der Waals surface area contributed by atoms with Gasteiger partial charge in [0, 0.05) is 13.2 Å². The Morgan fingerprint density at radius 3 is 2.86 bits per heavy atom. The lowest BCUT2D eigenvalue weighted by Crippen LogP contribution is -2.30. The summed E-state index contributed by atoms with van der Waals surface area (Å²) in [6, 6.07) is 5.60. The maximum absolute atomic E-state index is 11.3. The lowest BCUT2D eigenvalue weighted by Gasteiger charge is -2.23. The van der Waals surface area contributed by atoms with Crippen LogP contribution in [0.15, 0.2) is 24.4 Å². The van der Waals surface area contributed by atoms with Gasteiger partial charge in [-0.25, -0.2) is 0 Å². The average Bonchev–Trinajstić information content (AvgIpc) is 2.27. The normalized spacial score (nSPS) is 12.2. The van der Waals surface area contributed by atoms with Crippen LogP contribution in [-0.2, 0) is 4.79 Å². The van der Waals surface area contributed by atoms with Gasteiger partial charge in [0.05, 0.1) is 11.7 Å². The van der Waals surface area contributed by atoms with Crippen LogP contribution in [0.2, 0.25) is 0 Å². The van der Waals surface area contributed by atoms with Crippen LogP contribution < -0.4 is 0 Å². The van der Waals surface area contributed by atoms with E-state index < -0.39 is 0 Å². The van der Waals surface area contributed by atoms with E-state index in [1.807, 2.05) is 25.1 Å². The van der Waals surface area contributed by atoms with Crippen LogP contribution in [0.4, 0.5) is 0 Å². The van der Waals surface area contributed by atoms with Crippen molar-refractivity contribution in [2.45, 2.75) is 13.0 Å². The topological polar surface area (TPSA) is 33.2 Å². The first kappa shape index (κ1) is 11.0. The molecule has 0 aliphatic heterocycles. The van der Waals surface area contributed by atoms with Crippen LogP contribution in [0, 0.1) is 0 Å². The maximum Gasteiger partial charge on any atom is 0.237 e.